The molecule has 6 nitrogen and oxygen atoms in total. The molecule has 146 valence electrons. The summed E-state index contributed by atoms with van der Waals surface area (Å²) < 4.78 is 10.7. The summed E-state index contributed by atoms with van der Waals surface area (Å²) in [5, 5.41) is 7.04. The Hall–Kier alpha value is -3.12. The van der Waals surface area contributed by atoms with Gasteiger partial charge in [0.05, 0.1) is 23.9 Å². The van der Waals surface area contributed by atoms with E-state index >= 15 is 0 Å². The van der Waals surface area contributed by atoms with Crippen LogP contribution in [0.2, 0.25) is 0 Å². The minimum absolute atomic E-state index is 0.127. The van der Waals surface area contributed by atoms with Gasteiger partial charge in [0.15, 0.2) is 0 Å². The predicted octanol–water partition coefficient (Wildman–Crippen LogP) is 4.14. The average Bonchev–Trinajstić information content (AvgIpc) is 2.73. The lowest BCUT2D eigenvalue weighted by atomic mass is 10.1. The van der Waals surface area contributed by atoms with E-state index < -0.39 is 0 Å². The van der Waals surface area contributed by atoms with Gasteiger partial charge in [0.1, 0.15) is 11.6 Å². The van der Waals surface area contributed by atoms with Crippen LogP contribution in [0.5, 0.6) is 5.75 Å². The zero-order chi connectivity index (χ0) is 19.8. The highest BCUT2D eigenvalue weighted by atomic mass is 16.5. The van der Waals surface area contributed by atoms with Crippen molar-refractivity contribution in [3.8, 4) is 5.75 Å². The second-order valence-corrected chi connectivity index (χ2v) is 6.20. The van der Waals surface area contributed by atoms with Gasteiger partial charge in [-0.25, -0.2) is 4.98 Å². The molecule has 0 aliphatic heterocycles. The Morgan fingerprint density at radius 1 is 1.11 bits per heavy atom. The number of rotatable bonds is 9. The molecule has 0 saturated heterocycles. The van der Waals surface area contributed by atoms with Crippen molar-refractivity contribution in [1.82, 2.24) is 10.3 Å². The Balaban J connectivity index is 1.86. The molecule has 0 spiro atoms. The molecule has 0 saturated carbocycles. The van der Waals surface area contributed by atoms with E-state index in [-0.39, 0.29) is 5.91 Å². The molecule has 28 heavy (non-hydrogen) atoms. The van der Waals surface area contributed by atoms with Crippen LogP contribution in [0.25, 0.3) is 10.9 Å². The maximum absolute atomic E-state index is 12.8. The summed E-state index contributed by atoms with van der Waals surface area (Å²) in [6.45, 7) is 3.83. The number of carbonyl (C=O) groups is 1. The highest BCUT2D eigenvalue weighted by Gasteiger charge is 2.13. The van der Waals surface area contributed by atoms with Crippen molar-refractivity contribution < 1.29 is 14.3 Å². The van der Waals surface area contributed by atoms with Gasteiger partial charge in [0, 0.05) is 25.1 Å². The summed E-state index contributed by atoms with van der Waals surface area (Å²) in [6, 6.07) is 17.0. The van der Waals surface area contributed by atoms with Crippen LogP contribution in [0.3, 0.4) is 0 Å². The van der Waals surface area contributed by atoms with Gasteiger partial charge in [-0.2, -0.15) is 0 Å². The fourth-order valence-electron chi connectivity index (χ4n) is 2.93. The van der Waals surface area contributed by atoms with Gasteiger partial charge in [-0.05, 0) is 37.6 Å². The average molecular weight is 379 g/mol. The lowest BCUT2D eigenvalue weighted by Crippen LogP contribution is -2.25. The summed E-state index contributed by atoms with van der Waals surface area (Å²) in [7, 11) is 1.62. The topological polar surface area (TPSA) is 72.5 Å². The van der Waals surface area contributed by atoms with E-state index in [1.165, 1.54) is 0 Å². The van der Waals surface area contributed by atoms with E-state index in [4.69, 9.17) is 9.47 Å². The fourth-order valence-corrected chi connectivity index (χ4v) is 2.93. The van der Waals surface area contributed by atoms with E-state index in [0.29, 0.717) is 36.9 Å². The summed E-state index contributed by atoms with van der Waals surface area (Å²) in [5.41, 5.74) is 2.12. The highest BCUT2D eigenvalue weighted by Crippen LogP contribution is 2.28. The molecule has 0 aliphatic rings. The zero-order valence-corrected chi connectivity index (χ0v) is 16.2. The van der Waals surface area contributed by atoms with Gasteiger partial charge >= 0.3 is 0 Å². The first kappa shape index (κ1) is 19.6. The van der Waals surface area contributed by atoms with E-state index in [1.807, 2.05) is 55.5 Å². The zero-order valence-electron chi connectivity index (χ0n) is 16.2. The molecule has 3 rings (SSSR count). The molecule has 1 heterocycles. The number of carbonyl (C=O) groups excluding carboxylic acids is 1. The van der Waals surface area contributed by atoms with Crippen molar-refractivity contribution in [2.45, 2.75) is 13.3 Å². The van der Waals surface area contributed by atoms with Crippen molar-refractivity contribution in [3.05, 3.63) is 60.2 Å². The first-order valence-electron chi connectivity index (χ1n) is 9.38. The van der Waals surface area contributed by atoms with Crippen molar-refractivity contribution in [2.75, 3.05) is 32.2 Å². The number of para-hydroxylation sites is 3. The smallest absolute Gasteiger partial charge is 0.252 e. The number of methoxy groups -OCH3 is 1. The molecule has 1 aromatic heterocycles. The molecule has 0 atom stereocenters. The van der Waals surface area contributed by atoms with Crippen LogP contribution in [0.4, 0.5) is 11.5 Å². The van der Waals surface area contributed by atoms with Crippen molar-refractivity contribution in [2.24, 2.45) is 0 Å². The SMILES string of the molecule is CCOCCCNC(=O)c1cc(Nc2ccccc2OC)nc2ccccc12. The van der Waals surface area contributed by atoms with Crippen LogP contribution < -0.4 is 15.4 Å². The number of hydrogen-bond donors (Lipinski definition) is 2. The maximum Gasteiger partial charge on any atom is 0.252 e. The van der Waals surface area contributed by atoms with Gasteiger partial charge in [-0.15, -0.1) is 0 Å². The lowest BCUT2D eigenvalue weighted by molar-refractivity contribution is 0.0946. The molecule has 6 heteroatoms. The second-order valence-electron chi connectivity index (χ2n) is 6.20. The number of fused-ring (bicyclic) bond motifs is 1. The predicted molar refractivity (Wildman–Crippen MR) is 111 cm³/mol. The molecule has 0 fully saturated rings. The third-order valence-corrected chi connectivity index (χ3v) is 4.29. The maximum atomic E-state index is 12.8. The van der Waals surface area contributed by atoms with Gasteiger partial charge in [0.25, 0.3) is 5.91 Å². The molecule has 2 aromatic carbocycles. The Morgan fingerprint density at radius 3 is 2.71 bits per heavy atom. The molecule has 0 bridgehead atoms. The number of benzene rings is 2. The van der Waals surface area contributed by atoms with Crippen LogP contribution in [0, 0.1) is 0 Å². The van der Waals surface area contributed by atoms with Gasteiger partial charge in [-0.1, -0.05) is 30.3 Å². The van der Waals surface area contributed by atoms with Crippen LogP contribution in [-0.2, 0) is 4.74 Å². The highest BCUT2D eigenvalue weighted by molar-refractivity contribution is 6.07. The van der Waals surface area contributed by atoms with E-state index in [0.717, 1.165) is 23.0 Å². The quantitative estimate of drug-likeness (QED) is 0.547. The van der Waals surface area contributed by atoms with Crippen LogP contribution in [-0.4, -0.2) is 37.8 Å². The normalized spacial score (nSPS) is 10.6. The number of nitrogens with one attached hydrogen (secondary N) is 2. The second kappa shape index (κ2) is 9.71. The Labute approximate surface area is 164 Å². The number of aromatic nitrogens is 1. The number of ether oxygens (including phenoxy) is 2. The van der Waals surface area contributed by atoms with E-state index in [2.05, 4.69) is 15.6 Å². The number of amides is 1. The standard InChI is InChI=1S/C22H25N3O3/c1-3-28-14-8-13-23-22(26)17-15-21(24-18-10-5-4-9-16(17)18)25-19-11-6-7-12-20(19)27-2/h4-7,9-12,15H,3,8,13-14H2,1-2H3,(H,23,26)(H,24,25). The minimum Gasteiger partial charge on any atom is -0.495 e. The summed E-state index contributed by atoms with van der Waals surface area (Å²) in [5.74, 6) is 1.17. The number of hydrogen-bond acceptors (Lipinski definition) is 5. The largest absolute Gasteiger partial charge is 0.495 e. The molecule has 2 N–H and O–H groups in total. The van der Waals surface area contributed by atoms with Gasteiger partial charge in [-0.3, -0.25) is 4.79 Å². The third-order valence-electron chi connectivity index (χ3n) is 4.29. The van der Waals surface area contributed by atoms with Gasteiger partial charge in [0.2, 0.25) is 0 Å². The molecule has 3 aromatic rings. The Kier molecular flexibility index (Phi) is 6.81. The molecular weight excluding hydrogens is 354 g/mol. The monoisotopic (exact) mass is 379 g/mol. The number of anilines is 2. The first-order valence-corrected chi connectivity index (χ1v) is 9.38. The van der Waals surface area contributed by atoms with Crippen LogP contribution in [0.15, 0.2) is 54.6 Å². The molecule has 0 unspecified atom stereocenters. The lowest BCUT2D eigenvalue weighted by Gasteiger charge is -2.13. The van der Waals surface area contributed by atoms with Crippen molar-refractivity contribution in [3.63, 3.8) is 0 Å². The Morgan fingerprint density at radius 2 is 1.89 bits per heavy atom. The number of nitrogens with zero attached hydrogens (tertiary/aromatic N) is 1. The first-order chi connectivity index (χ1) is 13.7. The summed E-state index contributed by atoms with van der Waals surface area (Å²) >= 11 is 0. The summed E-state index contributed by atoms with van der Waals surface area (Å²) in [4.78, 5) is 17.4. The fraction of sp³-hybridized carbons (Fsp3) is 0.273. The summed E-state index contributed by atoms with van der Waals surface area (Å²) in [6.07, 6.45) is 0.773. The van der Waals surface area contributed by atoms with Crippen LogP contribution in [0.1, 0.15) is 23.7 Å². The Bertz CT molecular complexity index is 943. The molecular formula is C22H25N3O3. The van der Waals surface area contributed by atoms with Gasteiger partial charge < -0.3 is 20.1 Å². The number of pyridine rings is 1. The van der Waals surface area contributed by atoms with Crippen molar-refractivity contribution in [1.29, 1.82) is 0 Å². The molecule has 1 amide bonds. The third kappa shape index (κ3) is 4.78. The minimum atomic E-state index is -0.127. The van der Waals surface area contributed by atoms with Crippen molar-refractivity contribution >= 4 is 28.3 Å². The van der Waals surface area contributed by atoms with E-state index in [9.17, 15) is 4.79 Å². The van der Waals surface area contributed by atoms with Crippen LogP contribution >= 0.6 is 0 Å². The molecule has 0 aliphatic carbocycles. The molecule has 0 radical (unpaired) electrons. The van der Waals surface area contributed by atoms with E-state index in [1.54, 1.807) is 13.2 Å².